The molecule has 0 saturated heterocycles. The summed E-state index contributed by atoms with van der Waals surface area (Å²) in [6.07, 6.45) is 3.79. The van der Waals surface area contributed by atoms with Gasteiger partial charge in [-0.25, -0.2) is 0 Å². The van der Waals surface area contributed by atoms with Crippen molar-refractivity contribution in [3.05, 3.63) is 174 Å². The van der Waals surface area contributed by atoms with Gasteiger partial charge < -0.3 is 29.9 Å². The minimum atomic E-state index is 0.158. The van der Waals surface area contributed by atoms with Crippen molar-refractivity contribution in [1.29, 1.82) is 0 Å². The van der Waals surface area contributed by atoms with E-state index in [1.165, 1.54) is 0 Å². The Morgan fingerprint density at radius 3 is 1.79 bits per heavy atom. The molecule has 1 aliphatic rings. The summed E-state index contributed by atoms with van der Waals surface area (Å²) in [4.78, 5) is 0. The van der Waals surface area contributed by atoms with Gasteiger partial charge in [0.25, 0.3) is 0 Å². The highest BCUT2D eigenvalue weighted by atomic mass is 16.5. The second-order valence-corrected chi connectivity index (χ2v) is 14.2. The lowest BCUT2D eigenvalue weighted by molar-refractivity contribution is 0.473. The molecule has 10 rings (SSSR count). The first-order valence-electron chi connectivity index (χ1n) is 18.5. The molecule has 0 aliphatic heterocycles. The van der Waals surface area contributed by atoms with Crippen LogP contribution in [-0.2, 0) is 6.42 Å². The highest BCUT2D eigenvalue weighted by Crippen LogP contribution is 2.46. The number of ether oxygens (including phenoxy) is 2. The lowest BCUT2D eigenvalue weighted by Crippen LogP contribution is -2.02. The summed E-state index contributed by atoms with van der Waals surface area (Å²) in [6.45, 7) is 0. The molecule has 0 atom stereocenters. The fourth-order valence-electron chi connectivity index (χ4n) is 8.27. The van der Waals surface area contributed by atoms with Gasteiger partial charge >= 0.3 is 0 Å². The quantitative estimate of drug-likeness (QED) is 0.136. The average molecular weight is 731 g/mol. The first kappa shape index (κ1) is 33.2. The van der Waals surface area contributed by atoms with Crippen molar-refractivity contribution in [3.63, 3.8) is 0 Å². The van der Waals surface area contributed by atoms with E-state index in [1.54, 1.807) is 36.4 Å². The predicted molar refractivity (Wildman–Crippen MR) is 223 cm³/mol. The largest absolute Gasteiger partial charge is 0.508 e. The van der Waals surface area contributed by atoms with E-state index in [0.29, 0.717) is 28.6 Å². The molecular weight excluding hydrogens is 697 g/mol. The molecule has 6 nitrogen and oxygen atoms in total. The molecule has 9 aromatic carbocycles. The molecule has 0 amide bonds. The predicted octanol–water partition coefficient (Wildman–Crippen LogP) is 12.8. The van der Waals surface area contributed by atoms with Crippen molar-refractivity contribution in [2.24, 2.45) is 0 Å². The van der Waals surface area contributed by atoms with E-state index >= 15 is 0 Å². The maximum atomic E-state index is 11.2. The Bertz CT molecular complexity index is 3090. The molecule has 4 N–H and O–H groups in total. The lowest BCUT2D eigenvalue weighted by Gasteiger charge is -2.21. The Labute approximate surface area is 322 Å². The van der Waals surface area contributed by atoms with Crippen LogP contribution in [0.2, 0.25) is 0 Å². The number of benzene rings is 9. The van der Waals surface area contributed by atoms with Crippen molar-refractivity contribution < 1.29 is 29.9 Å². The van der Waals surface area contributed by atoms with Crippen molar-refractivity contribution in [2.75, 3.05) is 0 Å². The third-order valence-electron chi connectivity index (χ3n) is 10.8. The molecule has 1 aliphatic carbocycles. The van der Waals surface area contributed by atoms with Crippen LogP contribution in [0.25, 0.3) is 59.8 Å². The Hall–Kier alpha value is -7.44. The fourth-order valence-corrected chi connectivity index (χ4v) is 8.27. The highest BCUT2D eigenvalue weighted by Gasteiger charge is 2.21. The molecule has 0 aromatic heterocycles. The topological polar surface area (TPSA) is 99.4 Å². The molecule has 6 heteroatoms. The summed E-state index contributed by atoms with van der Waals surface area (Å²) >= 11 is 0. The number of hydrogen-bond donors (Lipinski definition) is 4. The van der Waals surface area contributed by atoms with Gasteiger partial charge in [-0.3, -0.25) is 0 Å². The van der Waals surface area contributed by atoms with Gasteiger partial charge in [0.1, 0.15) is 46.0 Å². The zero-order chi connectivity index (χ0) is 37.9. The van der Waals surface area contributed by atoms with Crippen LogP contribution in [0.3, 0.4) is 0 Å². The molecule has 270 valence electrons. The number of fused-ring (bicyclic) bond motifs is 5. The number of aromatic hydroxyl groups is 4. The van der Waals surface area contributed by atoms with Crippen LogP contribution in [0.5, 0.6) is 46.0 Å². The van der Waals surface area contributed by atoms with Crippen LogP contribution in [-0.4, -0.2) is 20.4 Å². The van der Waals surface area contributed by atoms with Crippen LogP contribution in [0.4, 0.5) is 0 Å². The normalized spacial score (nSPS) is 12.5. The number of allylic oxidation sites excluding steroid dienone is 1. The minimum Gasteiger partial charge on any atom is -0.508 e. The van der Waals surface area contributed by atoms with Gasteiger partial charge in [0.05, 0.1) is 0 Å². The van der Waals surface area contributed by atoms with Crippen molar-refractivity contribution in [2.45, 2.75) is 12.8 Å². The Balaban J connectivity index is 0.994. The van der Waals surface area contributed by atoms with Crippen molar-refractivity contribution in [1.82, 2.24) is 0 Å². The lowest BCUT2D eigenvalue weighted by atomic mass is 9.84. The Kier molecular flexibility index (Phi) is 7.78. The average Bonchev–Trinajstić information content (AvgIpc) is 3.20. The summed E-state index contributed by atoms with van der Waals surface area (Å²) in [5.41, 5.74) is 5.30. The zero-order valence-corrected chi connectivity index (χ0v) is 30.0. The van der Waals surface area contributed by atoms with Gasteiger partial charge in [0, 0.05) is 27.3 Å². The maximum absolute atomic E-state index is 11.2. The molecule has 0 heterocycles. The van der Waals surface area contributed by atoms with Crippen molar-refractivity contribution >= 4 is 48.7 Å². The number of rotatable bonds is 6. The smallest absolute Gasteiger partial charge is 0.135 e. The first-order chi connectivity index (χ1) is 27.4. The van der Waals surface area contributed by atoms with Gasteiger partial charge in [-0.1, -0.05) is 72.8 Å². The van der Waals surface area contributed by atoms with Gasteiger partial charge in [-0.2, -0.15) is 0 Å². The summed E-state index contributed by atoms with van der Waals surface area (Å²) in [7, 11) is 0. The van der Waals surface area contributed by atoms with E-state index in [4.69, 9.17) is 9.47 Å². The molecule has 0 spiro atoms. The van der Waals surface area contributed by atoms with Gasteiger partial charge in [-0.05, 0) is 147 Å². The molecule has 0 radical (unpaired) electrons. The van der Waals surface area contributed by atoms with E-state index in [9.17, 15) is 20.4 Å². The zero-order valence-electron chi connectivity index (χ0n) is 30.0. The summed E-state index contributed by atoms with van der Waals surface area (Å²) in [5, 5.41) is 49.7. The summed E-state index contributed by atoms with van der Waals surface area (Å²) in [5.74, 6) is 3.42. The number of phenolic OH excluding ortho intramolecular Hbond substituents is 4. The SMILES string of the molecule is Oc1ccc2c(c1)CCC=C2c1c(O)ccc2c(Oc3cccc4cc(Oc5cccc6c(-c7cccc8cc(O)ccc78)c(O)ccc56)ccc34)cccc12. The van der Waals surface area contributed by atoms with E-state index in [0.717, 1.165) is 83.8 Å². The molecule has 0 saturated carbocycles. The maximum Gasteiger partial charge on any atom is 0.135 e. The number of aryl methyl sites for hydroxylation is 1. The van der Waals surface area contributed by atoms with Crippen LogP contribution >= 0.6 is 0 Å². The third-order valence-corrected chi connectivity index (χ3v) is 10.8. The second-order valence-electron chi connectivity index (χ2n) is 14.2. The fraction of sp³-hybridized carbons (Fsp3) is 0.0400. The Morgan fingerprint density at radius 1 is 0.411 bits per heavy atom. The number of hydrogen-bond acceptors (Lipinski definition) is 6. The van der Waals surface area contributed by atoms with E-state index in [-0.39, 0.29) is 23.0 Å². The summed E-state index contributed by atoms with van der Waals surface area (Å²) < 4.78 is 13.2. The molecule has 0 fully saturated rings. The van der Waals surface area contributed by atoms with Crippen LogP contribution in [0, 0.1) is 0 Å². The van der Waals surface area contributed by atoms with E-state index in [2.05, 4.69) is 6.08 Å². The van der Waals surface area contributed by atoms with Gasteiger partial charge in [-0.15, -0.1) is 0 Å². The van der Waals surface area contributed by atoms with E-state index < -0.39 is 0 Å². The minimum absolute atomic E-state index is 0.158. The highest BCUT2D eigenvalue weighted by molar-refractivity contribution is 6.09. The van der Waals surface area contributed by atoms with Crippen molar-refractivity contribution in [3.8, 4) is 57.1 Å². The molecule has 56 heavy (non-hydrogen) atoms. The van der Waals surface area contributed by atoms with Crippen LogP contribution < -0.4 is 9.47 Å². The number of phenols is 4. The molecule has 9 aromatic rings. The third kappa shape index (κ3) is 5.58. The van der Waals surface area contributed by atoms with Gasteiger partial charge in [0.15, 0.2) is 0 Å². The monoisotopic (exact) mass is 730 g/mol. The first-order valence-corrected chi connectivity index (χ1v) is 18.5. The molecular formula is C50H34O6. The summed E-state index contributed by atoms with van der Waals surface area (Å²) in [6, 6.07) is 47.3. The Morgan fingerprint density at radius 2 is 1.00 bits per heavy atom. The van der Waals surface area contributed by atoms with E-state index in [1.807, 2.05) is 115 Å². The van der Waals surface area contributed by atoms with Gasteiger partial charge in [0.2, 0.25) is 0 Å². The van der Waals surface area contributed by atoms with Crippen LogP contribution in [0.1, 0.15) is 23.1 Å². The van der Waals surface area contributed by atoms with Crippen LogP contribution in [0.15, 0.2) is 158 Å². The molecule has 0 bridgehead atoms. The standard InChI is InChI=1S/C50H34O6/c51-32-16-19-35-29(26-32)6-1-9-40(35)49-42-11-4-14-47(38(42)22-24-44(49)53)55-34-18-21-37-31(28-34)8-3-13-46(37)56-48-15-5-12-43-39(48)23-25-45(54)50(43)41-10-2-7-30-27-33(52)17-20-36(30)41/h1,3-6,8-28,51-54H,2,7H2. The second kappa shape index (κ2) is 13.1. The molecule has 0 unspecified atom stereocenters.